The summed E-state index contributed by atoms with van der Waals surface area (Å²) in [4.78, 5) is 5.97. The van der Waals surface area contributed by atoms with Gasteiger partial charge in [-0.2, -0.15) is 0 Å². The summed E-state index contributed by atoms with van der Waals surface area (Å²) >= 11 is 0. The molecule has 1 aromatic heterocycles. The van der Waals surface area contributed by atoms with Crippen LogP contribution in [0, 0.1) is 0 Å². The van der Waals surface area contributed by atoms with Crippen LogP contribution in [0.15, 0.2) is 12.3 Å². The Morgan fingerprint density at radius 2 is 2.27 bits per heavy atom. The van der Waals surface area contributed by atoms with E-state index in [1.54, 1.807) is 0 Å². The molecule has 84 valence electrons. The van der Waals surface area contributed by atoms with E-state index in [1.165, 1.54) is 36.9 Å². The smallest absolute Gasteiger partial charge is 0.0365 e. The minimum Gasteiger partial charge on any atom is -0.365 e. The summed E-state index contributed by atoms with van der Waals surface area (Å²) in [5.74, 6) is 0. The Bertz CT molecular complexity index is 316. The molecule has 1 N–H and O–H groups in total. The van der Waals surface area contributed by atoms with Gasteiger partial charge in [-0.05, 0) is 31.5 Å². The average molecular weight is 206 g/mol. The predicted molar refractivity (Wildman–Crippen MR) is 64.0 cm³/mol. The number of fused-ring (bicyclic) bond motifs is 1. The molecule has 0 spiro atoms. The van der Waals surface area contributed by atoms with Crippen molar-refractivity contribution in [1.29, 1.82) is 0 Å². The lowest BCUT2D eigenvalue weighted by molar-refractivity contribution is 0.141. The molecule has 2 atom stereocenters. The molecule has 0 radical (unpaired) electrons. The fraction of sp³-hybridized carbons (Fsp3) is 0.692. The molecular weight excluding hydrogens is 184 g/mol. The molecular formula is C13H22N2. The van der Waals surface area contributed by atoms with Gasteiger partial charge in [-0.25, -0.2) is 0 Å². The zero-order chi connectivity index (χ0) is 10.8. The van der Waals surface area contributed by atoms with Crippen molar-refractivity contribution in [2.45, 2.75) is 51.6 Å². The maximum absolute atomic E-state index is 3.40. The molecule has 0 aliphatic carbocycles. The summed E-state index contributed by atoms with van der Waals surface area (Å²) < 4.78 is 0. The Morgan fingerprint density at radius 1 is 1.47 bits per heavy atom. The van der Waals surface area contributed by atoms with Crippen molar-refractivity contribution in [3.8, 4) is 0 Å². The Labute approximate surface area is 92.7 Å². The molecule has 0 aromatic carbocycles. The predicted octanol–water partition coefficient (Wildman–Crippen LogP) is 3.12. The average Bonchev–Trinajstić information content (AvgIpc) is 2.69. The van der Waals surface area contributed by atoms with Gasteiger partial charge < -0.3 is 4.98 Å². The minimum atomic E-state index is 0.634. The Hall–Kier alpha value is -0.760. The number of nitrogens with one attached hydrogen (secondary N) is 1. The quantitative estimate of drug-likeness (QED) is 0.805. The third-order valence-corrected chi connectivity index (χ3v) is 3.77. The van der Waals surface area contributed by atoms with E-state index in [4.69, 9.17) is 0 Å². The van der Waals surface area contributed by atoms with Crippen LogP contribution >= 0.6 is 0 Å². The minimum absolute atomic E-state index is 0.634. The van der Waals surface area contributed by atoms with Gasteiger partial charge in [0.1, 0.15) is 0 Å². The molecule has 15 heavy (non-hydrogen) atoms. The van der Waals surface area contributed by atoms with Crippen molar-refractivity contribution in [2.75, 3.05) is 7.05 Å². The van der Waals surface area contributed by atoms with Gasteiger partial charge in [0.2, 0.25) is 0 Å². The van der Waals surface area contributed by atoms with Gasteiger partial charge in [-0.15, -0.1) is 0 Å². The molecule has 0 amide bonds. The van der Waals surface area contributed by atoms with Crippen LogP contribution in [0.5, 0.6) is 0 Å². The Balaban J connectivity index is 2.28. The lowest BCUT2D eigenvalue weighted by Gasteiger charge is -2.39. The molecule has 1 aliphatic rings. The molecule has 2 heterocycles. The molecule has 0 bridgehead atoms. The SMILES string of the molecule is CCC[C@H]1c2cc[nH]c2C[C@H](CC)N1C. The van der Waals surface area contributed by atoms with Crippen molar-refractivity contribution in [2.24, 2.45) is 0 Å². The molecule has 0 saturated heterocycles. The summed E-state index contributed by atoms with van der Waals surface area (Å²) in [6.45, 7) is 4.56. The summed E-state index contributed by atoms with van der Waals surface area (Å²) in [6, 6.07) is 3.61. The summed E-state index contributed by atoms with van der Waals surface area (Å²) in [5, 5.41) is 0. The van der Waals surface area contributed by atoms with Crippen molar-refractivity contribution in [3.05, 3.63) is 23.5 Å². The number of rotatable bonds is 3. The van der Waals surface area contributed by atoms with Crippen molar-refractivity contribution < 1.29 is 0 Å². The molecule has 0 unspecified atom stereocenters. The fourth-order valence-corrected chi connectivity index (χ4v) is 2.82. The first-order valence-electron chi connectivity index (χ1n) is 6.16. The largest absolute Gasteiger partial charge is 0.365 e. The van der Waals surface area contributed by atoms with Crippen LogP contribution in [0.4, 0.5) is 0 Å². The van der Waals surface area contributed by atoms with Gasteiger partial charge in [-0.3, -0.25) is 4.90 Å². The van der Waals surface area contributed by atoms with Crippen LogP contribution in [-0.2, 0) is 6.42 Å². The summed E-state index contributed by atoms with van der Waals surface area (Å²) in [7, 11) is 2.28. The highest BCUT2D eigenvalue weighted by Crippen LogP contribution is 2.35. The van der Waals surface area contributed by atoms with Gasteiger partial charge in [-0.1, -0.05) is 20.3 Å². The van der Waals surface area contributed by atoms with Gasteiger partial charge in [0.15, 0.2) is 0 Å². The van der Waals surface area contributed by atoms with E-state index in [1.807, 2.05) is 0 Å². The van der Waals surface area contributed by atoms with Crippen LogP contribution < -0.4 is 0 Å². The van der Waals surface area contributed by atoms with E-state index >= 15 is 0 Å². The molecule has 1 aromatic rings. The first-order valence-corrected chi connectivity index (χ1v) is 6.16. The first-order chi connectivity index (χ1) is 7.27. The molecule has 0 fully saturated rings. The Morgan fingerprint density at radius 3 is 2.93 bits per heavy atom. The first kappa shape index (κ1) is 10.7. The number of hydrogen-bond acceptors (Lipinski definition) is 1. The van der Waals surface area contributed by atoms with E-state index in [9.17, 15) is 0 Å². The van der Waals surface area contributed by atoms with E-state index in [2.05, 4.69) is 43.0 Å². The topological polar surface area (TPSA) is 19.0 Å². The summed E-state index contributed by atoms with van der Waals surface area (Å²) in [6.07, 6.45) is 7.07. The number of H-pyrrole nitrogens is 1. The highest BCUT2D eigenvalue weighted by molar-refractivity contribution is 5.28. The molecule has 2 nitrogen and oxygen atoms in total. The molecule has 2 heteroatoms. The van der Waals surface area contributed by atoms with Crippen LogP contribution in [-0.4, -0.2) is 23.0 Å². The zero-order valence-corrected chi connectivity index (χ0v) is 10.1. The number of nitrogens with zero attached hydrogens (tertiary/aromatic N) is 1. The van der Waals surface area contributed by atoms with Gasteiger partial charge in [0.05, 0.1) is 0 Å². The second-order valence-corrected chi connectivity index (χ2v) is 4.65. The monoisotopic (exact) mass is 206 g/mol. The van der Waals surface area contributed by atoms with E-state index < -0.39 is 0 Å². The highest BCUT2D eigenvalue weighted by atomic mass is 15.2. The van der Waals surface area contributed by atoms with Crippen molar-refractivity contribution in [1.82, 2.24) is 9.88 Å². The normalized spacial score (nSPS) is 26.6. The molecule has 2 rings (SSSR count). The van der Waals surface area contributed by atoms with E-state index in [-0.39, 0.29) is 0 Å². The van der Waals surface area contributed by atoms with Crippen LogP contribution in [0.25, 0.3) is 0 Å². The second kappa shape index (κ2) is 4.40. The summed E-state index contributed by atoms with van der Waals surface area (Å²) in [5.41, 5.74) is 3.00. The zero-order valence-electron chi connectivity index (χ0n) is 10.1. The number of likely N-dealkylation sites (N-methyl/N-ethyl adjacent to an activating group) is 1. The van der Waals surface area contributed by atoms with Gasteiger partial charge in [0, 0.05) is 30.4 Å². The number of aromatic amines is 1. The maximum Gasteiger partial charge on any atom is 0.0365 e. The molecule has 1 aliphatic heterocycles. The van der Waals surface area contributed by atoms with Crippen LogP contribution in [0.2, 0.25) is 0 Å². The standard InChI is InChI=1S/C13H22N2/c1-4-6-13-11-7-8-14-12(11)9-10(5-2)15(13)3/h7-8,10,13-14H,4-6,9H2,1-3H3/t10-,13-/m0/s1. The lowest BCUT2D eigenvalue weighted by atomic mass is 9.90. The number of aromatic nitrogens is 1. The van der Waals surface area contributed by atoms with Gasteiger partial charge >= 0.3 is 0 Å². The highest BCUT2D eigenvalue weighted by Gasteiger charge is 2.30. The third-order valence-electron chi connectivity index (χ3n) is 3.77. The van der Waals surface area contributed by atoms with Crippen LogP contribution in [0.3, 0.4) is 0 Å². The Kier molecular flexibility index (Phi) is 3.15. The fourth-order valence-electron chi connectivity index (χ4n) is 2.82. The van der Waals surface area contributed by atoms with E-state index in [0.717, 1.165) is 0 Å². The lowest BCUT2D eigenvalue weighted by Crippen LogP contribution is -2.40. The van der Waals surface area contributed by atoms with E-state index in [0.29, 0.717) is 12.1 Å². The second-order valence-electron chi connectivity index (χ2n) is 4.65. The molecule has 0 saturated carbocycles. The van der Waals surface area contributed by atoms with Gasteiger partial charge in [0.25, 0.3) is 0 Å². The maximum atomic E-state index is 3.40. The van der Waals surface area contributed by atoms with Crippen LogP contribution in [0.1, 0.15) is 50.4 Å². The van der Waals surface area contributed by atoms with Crippen molar-refractivity contribution in [3.63, 3.8) is 0 Å². The third kappa shape index (κ3) is 1.83. The number of hydrogen-bond donors (Lipinski definition) is 1. The van der Waals surface area contributed by atoms with Crippen molar-refractivity contribution >= 4 is 0 Å².